The van der Waals surface area contributed by atoms with Gasteiger partial charge in [0.15, 0.2) is 0 Å². The van der Waals surface area contributed by atoms with E-state index in [9.17, 15) is 4.79 Å². The van der Waals surface area contributed by atoms with Gasteiger partial charge in [-0.1, -0.05) is 30.3 Å². The van der Waals surface area contributed by atoms with Crippen LogP contribution in [0.15, 0.2) is 76.7 Å². The SMILES string of the molecule is Cc1ccsc1C(=O)Nc1ccc(-c2nc(-c3ccccc3)co2)cc1. The first-order chi connectivity index (χ1) is 12.7. The first-order valence-electron chi connectivity index (χ1n) is 8.17. The molecule has 0 fully saturated rings. The molecule has 128 valence electrons. The number of hydrogen-bond donors (Lipinski definition) is 1. The number of carbonyl (C=O) groups is 1. The van der Waals surface area contributed by atoms with Crippen molar-refractivity contribution in [2.45, 2.75) is 6.92 Å². The maximum Gasteiger partial charge on any atom is 0.265 e. The molecule has 5 heteroatoms. The molecule has 0 bridgehead atoms. The van der Waals surface area contributed by atoms with Crippen LogP contribution in [0.3, 0.4) is 0 Å². The fraction of sp³-hybridized carbons (Fsp3) is 0.0476. The van der Waals surface area contributed by atoms with Gasteiger partial charge in [-0.3, -0.25) is 4.79 Å². The van der Waals surface area contributed by atoms with Gasteiger partial charge in [-0.15, -0.1) is 11.3 Å². The molecule has 0 spiro atoms. The van der Waals surface area contributed by atoms with Crippen LogP contribution in [0.2, 0.25) is 0 Å². The molecule has 4 aromatic rings. The van der Waals surface area contributed by atoms with Crippen LogP contribution in [0, 0.1) is 6.92 Å². The topological polar surface area (TPSA) is 55.1 Å². The molecule has 0 aliphatic rings. The Hall–Kier alpha value is -3.18. The van der Waals surface area contributed by atoms with Gasteiger partial charge in [-0.2, -0.15) is 0 Å². The molecule has 0 aliphatic heterocycles. The third-order valence-electron chi connectivity index (χ3n) is 4.03. The minimum absolute atomic E-state index is 0.0901. The number of carbonyl (C=O) groups excluding carboxylic acids is 1. The Morgan fingerprint density at radius 2 is 1.77 bits per heavy atom. The lowest BCUT2D eigenvalue weighted by molar-refractivity contribution is 0.103. The number of nitrogens with one attached hydrogen (secondary N) is 1. The lowest BCUT2D eigenvalue weighted by atomic mass is 10.2. The van der Waals surface area contributed by atoms with Crippen molar-refractivity contribution in [2.24, 2.45) is 0 Å². The summed E-state index contributed by atoms with van der Waals surface area (Å²) in [4.78, 5) is 17.6. The molecule has 1 N–H and O–H groups in total. The van der Waals surface area contributed by atoms with Crippen LogP contribution in [0.4, 0.5) is 5.69 Å². The highest BCUT2D eigenvalue weighted by molar-refractivity contribution is 7.12. The summed E-state index contributed by atoms with van der Waals surface area (Å²) in [6.07, 6.45) is 1.65. The van der Waals surface area contributed by atoms with Crippen molar-refractivity contribution in [2.75, 3.05) is 5.32 Å². The molecule has 0 atom stereocenters. The van der Waals surface area contributed by atoms with E-state index in [1.807, 2.05) is 73.0 Å². The smallest absolute Gasteiger partial charge is 0.265 e. The summed E-state index contributed by atoms with van der Waals surface area (Å²) in [6.45, 7) is 1.93. The molecule has 0 aliphatic carbocycles. The lowest BCUT2D eigenvalue weighted by Gasteiger charge is -2.05. The summed E-state index contributed by atoms with van der Waals surface area (Å²) >= 11 is 1.44. The number of anilines is 1. The van der Waals surface area contributed by atoms with E-state index < -0.39 is 0 Å². The molecule has 0 unspecified atom stereocenters. The van der Waals surface area contributed by atoms with E-state index in [4.69, 9.17) is 4.42 Å². The Bertz CT molecular complexity index is 1030. The minimum atomic E-state index is -0.0901. The normalized spacial score (nSPS) is 10.7. The third kappa shape index (κ3) is 3.30. The van der Waals surface area contributed by atoms with Crippen molar-refractivity contribution in [1.82, 2.24) is 4.98 Å². The highest BCUT2D eigenvalue weighted by Gasteiger charge is 2.12. The zero-order valence-electron chi connectivity index (χ0n) is 14.1. The summed E-state index contributed by atoms with van der Waals surface area (Å²) < 4.78 is 5.60. The molecule has 2 heterocycles. The van der Waals surface area contributed by atoms with E-state index in [2.05, 4.69) is 10.3 Å². The number of hydrogen-bond acceptors (Lipinski definition) is 4. The highest BCUT2D eigenvalue weighted by atomic mass is 32.1. The third-order valence-corrected chi connectivity index (χ3v) is 5.05. The Labute approximate surface area is 155 Å². The average Bonchev–Trinajstić information content (AvgIpc) is 3.32. The molecule has 0 radical (unpaired) electrons. The molecule has 4 nitrogen and oxygen atoms in total. The zero-order chi connectivity index (χ0) is 17.9. The van der Waals surface area contributed by atoms with Crippen LogP contribution in [-0.2, 0) is 0 Å². The Morgan fingerprint density at radius 3 is 2.46 bits per heavy atom. The van der Waals surface area contributed by atoms with Crippen molar-refractivity contribution in [3.8, 4) is 22.7 Å². The van der Waals surface area contributed by atoms with Gasteiger partial charge >= 0.3 is 0 Å². The van der Waals surface area contributed by atoms with Crippen LogP contribution >= 0.6 is 11.3 Å². The second kappa shape index (κ2) is 6.98. The van der Waals surface area contributed by atoms with E-state index in [0.717, 1.165) is 32.9 Å². The Balaban J connectivity index is 1.51. The highest BCUT2D eigenvalue weighted by Crippen LogP contribution is 2.26. The van der Waals surface area contributed by atoms with Crippen molar-refractivity contribution in [3.63, 3.8) is 0 Å². The fourth-order valence-electron chi connectivity index (χ4n) is 2.64. The van der Waals surface area contributed by atoms with Gasteiger partial charge in [0.05, 0.1) is 4.88 Å². The summed E-state index contributed by atoms with van der Waals surface area (Å²) in [5, 5.41) is 4.83. The first kappa shape index (κ1) is 16.3. The molecule has 1 amide bonds. The maximum absolute atomic E-state index is 12.3. The molecule has 4 rings (SSSR count). The van der Waals surface area contributed by atoms with Gasteiger partial charge in [0, 0.05) is 16.8 Å². The maximum atomic E-state index is 12.3. The fourth-order valence-corrected chi connectivity index (χ4v) is 3.46. The van der Waals surface area contributed by atoms with Crippen LogP contribution < -0.4 is 5.32 Å². The van der Waals surface area contributed by atoms with E-state index >= 15 is 0 Å². The van der Waals surface area contributed by atoms with E-state index in [1.54, 1.807) is 6.26 Å². The Kier molecular flexibility index (Phi) is 4.37. The van der Waals surface area contributed by atoms with Crippen molar-refractivity contribution >= 4 is 22.9 Å². The van der Waals surface area contributed by atoms with Crippen LogP contribution in [-0.4, -0.2) is 10.9 Å². The number of thiophene rings is 1. The number of benzene rings is 2. The van der Waals surface area contributed by atoms with Gasteiger partial charge in [0.2, 0.25) is 5.89 Å². The number of amides is 1. The van der Waals surface area contributed by atoms with Crippen LogP contribution in [0.5, 0.6) is 0 Å². The average molecular weight is 360 g/mol. The monoisotopic (exact) mass is 360 g/mol. The first-order valence-corrected chi connectivity index (χ1v) is 9.05. The van der Waals surface area contributed by atoms with Gasteiger partial charge < -0.3 is 9.73 Å². The predicted molar refractivity (Wildman–Crippen MR) is 104 cm³/mol. The second-order valence-electron chi connectivity index (χ2n) is 5.87. The molecule has 2 aromatic carbocycles. The predicted octanol–water partition coefficient (Wildman–Crippen LogP) is 5.63. The second-order valence-corrected chi connectivity index (χ2v) is 6.78. The molecular weight excluding hydrogens is 344 g/mol. The molecular formula is C21H16N2O2S. The minimum Gasteiger partial charge on any atom is -0.444 e. The summed E-state index contributed by atoms with van der Waals surface area (Å²) in [6, 6.07) is 19.3. The largest absolute Gasteiger partial charge is 0.444 e. The van der Waals surface area contributed by atoms with E-state index in [0.29, 0.717) is 5.89 Å². The molecule has 0 saturated heterocycles. The standard InChI is InChI=1S/C21H16N2O2S/c1-14-11-12-26-19(14)20(24)22-17-9-7-16(8-10-17)21-23-18(13-25-21)15-5-3-2-4-6-15/h2-13H,1H3,(H,22,24). The molecule has 26 heavy (non-hydrogen) atoms. The summed E-state index contributed by atoms with van der Waals surface area (Å²) in [5.41, 5.74) is 4.39. The van der Waals surface area contributed by atoms with Crippen LogP contribution in [0.1, 0.15) is 15.2 Å². The summed E-state index contributed by atoms with van der Waals surface area (Å²) in [5.74, 6) is 0.462. The van der Waals surface area contributed by atoms with Gasteiger partial charge in [-0.25, -0.2) is 4.98 Å². The zero-order valence-corrected chi connectivity index (χ0v) is 14.9. The van der Waals surface area contributed by atoms with Crippen LogP contribution in [0.25, 0.3) is 22.7 Å². The van der Waals surface area contributed by atoms with Gasteiger partial charge in [0.25, 0.3) is 5.91 Å². The van der Waals surface area contributed by atoms with E-state index in [1.165, 1.54) is 11.3 Å². The number of oxazole rings is 1. The van der Waals surface area contributed by atoms with Crippen molar-refractivity contribution in [3.05, 3.63) is 82.7 Å². The molecule has 2 aromatic heterocycles. The number of aryl methyl sites for hydroxylation is 1. The van der Waals surface area contributed by atoms with Crippen molar-refractivity contribution < 1.29 is 9.21 Å². The van der Waals surface area contributed by atoms with Gasteiger partial charge in [-0.05, 0) is 48.2 Å². The van der Waals surface area contributed by atoms with Crippen molar-refractivity contribution in [1.29, 1.82) is 0 Å². The van der Waals surface area contributed by atoms with E-state index in [-0.39, 0.29) is 5.91 Å². The molecule has 0 saturated carbocycles. The Morgan fingerprint density at radius 1 is 1.00 bits per heavy atom. The number of nitrogens with zero attached hydrogens (tertiary/aromatic N) is 1. The lowest BCUT2D eigenvalue weighted by Crippen LogP contribution is -2.11. The number of rotatable bonds is 4. The number of aromatic nitrogens is 1. The quantitative estimate of drug-likeness (QED) is 0.513. The van der Waals surface area contributed by atoms with Gasteiger partial charge in [0.1, 0.15) is 12.0 Å². The summed E-state index contributed by atoms with van der Waals surface area (Å²) in [7, 11) is 0.